The summed E-state index contributed by atoms with van der Waals surface area (Å²) in [5.41, 5.74) is -3.68. The van der Waals surface area contributed by atoms with Gasteiger partial charge in [-0.3, -0.25) is 0 Å². The highest BCUT2D eigenvalue weighted by atomic mass is 19.2. The maximum absolute atomic E-state index is 14.0. The lowest BCUT2D eigenvalue weighted by Gasteiger charge is -2.09. The number of fused-ring (bicyclic) bond motifs is 1. The number of hydrogen-bond donors (Lipinski definition) is 0. The molecular formula is C19H9F5O5. The van der Waals surface area contributed by atoms with Gasteiger partial charge in [-0.1, -0.05) is 6.58 Å². The third kappa shape index (κ3) is 3.68. The molecule has 3 rings (SSSR count). The molecule has 1 heterocycles. The standard InChI is InChI=1S/C19H9F5O5/c1-2-12(25)28-7-27-9-4-3-8-5-10(19(26)29-11(8)6-9)13-14(20)16(22)18(24)17(23)15(13)21/h2-6H,1,7H2. The number of rotatable bonds is 5. The number of esters is 1. The molecule has 0 saturated heterocycles. The van der Waals surface area contributed by atoms with Gasteiger partial charge in [0, 0.05) is 17.5 Å². The van der Waals surface area contributed by atoms with E-state index in [-0.39, 0.29) is 16.7 Å². The van der Waals surface area contributed by atoms with Gasteiger partial charge in [0.15, 0.2) is 23.3 Å². The van der Waals surface area contributed by atoms with Gasteiger partial charge in [-0.15, -0.1) is 0 Å². The predicted octanol–water partition coefficient (Wildman–Crippen LogP) is 4.22. The molecule has 0 bridgehead atoms. The van der Waals surface area contributed by atoms with Crippen LogP contribution in [0.15, 0.2) is 46.1 Å². The smallest absolute Gasteiger partial charge is 0.344 e. The van der Waals surface area contributed by atoms with Gasteiger partial charge in [0.05, 0.1) is 11.1 Å². The Bertz CT molecular complexity index is 1170. The number of carbonyl (C=O) groups is 1. The minimum absolute atomic E-state index is 0.102. The molecule has 0 saturated carbocycles. The normalized spacial score (nSPS) is 10.8. The third-order valence-electron chi connectivity index (χ3n) is 3.78. The summed E-state index contributed by atoms with van der Waals surface area (Å²) in [6.45, 7) is 2.73. The van der Waals surface area contributed by atoms with Gasteiger partial charge in [-0.2, -0.15) is 0 Å². The average Bonchev–Trinajstić information content (AvgIpc) is 2.71. The van der Waals surface area contributed by atoms with Crippen LogP contribution in [0.1, 0.15) is 0 Å². The number of carbonyl (C=O) groups excluding carboxylic acids is 1. The molecular weight excluding hydrogens is 403 g/mol. The van der Waals surface area contributed by atoms with Gasteiger partial charge < -0.3 is 13.9 Å². The van der Waals surface area contributed by atoms with E-state index in [1.165, 1.54) is 18.2 Å². The number of ether oxygens (including phenoxy) is 2. The number of hydrogen-bond acceptors (Lipinski definition) is 5. The van der Waals surface area contributed by atoms with Crippen LogP contribution in [0.25, 0.3) is 22.1 Å². The summed E-state index contributed by atoms with van der Waals surface area (Å²) in [5, 5.41) is 0.110. The zero-order valence-electron chi connectivity index (χ0n) is 14.2. The van der Waals surface area contributed by atoms with Crippen molar-refractivity contribution in [1.29, 1.82) is 0 Å². The molecule has 0 unspecified atom stereocenters. The van der Waals surface area contributed by atoms with E-state index in [1.54, 1.807) is 0 Å². The summed E-state index contributed by atoms with van der Waals surface area (Å²) in [7, 11) is 0. The van der Waals surface area contributed by atoms with E-state index in [9.17, 15) is 31.5 Å². The Labute approximate surface area is 158 Å². The maximum atomic E-state index is 14.0. The molecule has 0 aliphatic rings. The van der Waals surface area contributed by atoms with Crippen molar-refractivity contribution in [2.75, 3.05) is 6.79 Å². The summed E-state index contributed by atoms with van der Waals surface area (Å²) < 4.78 is 82.7. The Morgan fingerprint density at radius 1 is 1.00 bits per heavy atom. The SMILES string of the molecule is C=CC(=O)OCOc1ccc2cc(-c3c(F)c(F)c(F)c(F)c3F)c(=O)oc2c1. The van der Waals surface area contributed by atoms with Crippen LogP contribution < -0.4 is 10.4 Å². The topological polar surface area (TPSA) is 65.7 Å². The predicted molar refractivity (Wildman–Crippen MR) is 89.5 cm³/mol. The highest BCUT2D eigenvalue weighted by Gasteiger charge is 2.28. The largest absolute Gasteiger partial charge is 0.457 e. The third-order valence-corrected chi connectivity index (χ3v) is 3.78. The molecule has 5 nitrogen and oxygen atoms in total. The summed E-state index contributed by atoms with van der Waals surface area (Å²) >= 11 is 0. The van der Waals surface area contributed by atoms with E-state index in [0.29, 0.717) is 0 Å². The summed E-state index contributed by atoms with van der Waals surface area (Å²) in [5.74, 6) is -11.6. The molecule has 0 spiro atoms. The van der Waals surface area contributed by atoms with Gasteiger partial charge in [-0.05, 0) is 18.2 Å². The Balaban J connectivity index is 2.04. The van der Waals surface area contributed by atoms with Gasteiger partial charge in [-0.25, -0.2) is 31.5 Å². The van der Waals surface area contributed by atoms with Crippen LogP contribution in [0.5, 0.6) is 5.75 Å². The monoisotopic (exact) mass is 412 g/mol. The number of halogens is 5. The second-order valence-corrected chi connectivity index (χ2v) is 5.52. The fourth-order valence-corrected chi connectivity index (χ4v) is 2.41. The van der Waals surface area contributed by atoms with Crippen LogP contribution in [-0.2, 0) is 9.53 Å². The van der Waals surface area contributed by atoms with E-state index in [4.69, 9.17) is 9.15 Å². The molecule has 0 amide bonds. The van der Waals surface area contributed by atoms with Crippen LogP contribution in [0, 0.1) is 29.1 Å². The first-order valence-electron chi connectivity index (χ1n) is 7.76. The Morgan fingerprint density at radius 2 is 1.62 bits per heavy atom. The van der Waals surface area contributed by atoms with Crippen LogP contribution in [-0.4, -0.2) is 12.8 Å². The van der Waals surface area contributed by atoms with Crippen LogP contribution in [0.2, 0.25) is 0 Å². The fourth-order valence-electron chi connectivity index (χ4n) is 2.41. The maximum Gasteiger partial charge on any atom is 0.344 e. The van der Waals surface area contributed by atoms with E-state index in [0.717, 1.165) is 12.1 Å². The number of benzene rings is 2. The zero-order chi connectivity index (χ0) is 21.3. The van der Waals surface area contributed by atoms with Crippen molar-refractivity contribution in [2.45, 2.75) is 0 Å². The molecule has 10 heteroatoms. The second kappa shape index (κ2) is 7.74. The van der Waals surface area contributed by atoms with Gasteiger partial charge in [0.2, 0.25) is 12.6 Å². The molecule has 0 N–H and O–H groups in total. The molecule has 0 fully saturated rings. The summed E-state index contributed by atoms with van der Waals surface area (Å²) in [6, 6.07) is 4.77. The lowest BCUT2D eigenvalue weighted by atomic mass is 10.0. The Kier molecular flexibility index (Phi) is 5.35. The first-order valence-corrected chi connectivity index (χ1v) is 7.76. The van der Waals surface area contributed by atoms with Crippen molar-refractivity contribution < 1.29 is 40.6 Å². The van der Waals surface area contributed by atoms with Crippen LogP contribution in [0.3, 0.4) is 0 Å². The van der Waals surface area contributed by atoms with Crippen molar-refractivity contribution in [1.82, 2.24) is 0 Å². The van der Waals surface area contributed by atoms with E-state index in [2.05, 4.69) is 11.3 Å². The Morgan fingerprint density at radius 3 is 2.24 bits per heavy atom. The molecule has 1 aromatic heterocycles. The van der Waals surface area contributed by atoms with Crippen LogP contribution >= 0.6 is 0 Å². The molecule has 29 heavy (non-hydrogen) atoms. The van der Waals surface area contributed by atoms with Crippen LogP contribution in [0.4, 0.5) is 22.0 Å². The average molecular weight is 412 g/mol. The van der Waals surface area contributed by atoms with Crippen molar-refractivity contribution >= 4 is 16.9 Å². The fraction of sp³-hybridized carbons (Fsp3) is 0.0526. The second-order valence-electron chi connectivity index (χ2n) is 5.52. The first-order chi connectivity index (χ1) is 13.7. The molecule has 150 valence electrons. The van der Waals surface area contributed by atoms with Crippen molar-refractivity contribution in [2.24, 2.45) is 0 Å². The lowest BCUT2D eigenvalue weighted by Crippen LogP contribution is -2.10. The summed E-state index contributed by atoms with van der Waals surface area (Å²) in [6.07, 6.45) is 0.920. The van der Waals surface area contributed by atoms with Crippen molar-refractivity contribution in [3.05, 3.63) is 76.4 Å². The van der Waals surface area contributed by atoms with Crippen molar-refractivity contribution in [3.63, 3.8) is 0 Å². The van der Waals surface area contributed by atoms with Gasteiger partial charge in [0.25, 0.3) is 0 Å². The van der Waals surface area contributed by atoms with E-state index in [1.807, 2.05) is 0 Å². The van der Waals surface area contributed by atoms with Gasteiger partial charge >= 0.3 is 11.6 Å². The highest BCUT2D eigenvalue weighted by molar-refractivity contribution is 5.83. The molecule has 0 atom stereocenters. The molecule has 3 aromatic rings. The van der Waals surface area contributed by atoms with E-state index >= 15 is 0 Å². The quantitative estimate of drug-likeness (QED) is 0.119. The minimum atomic E-state index is -2.34. The highest BCUT2D eigenvalue weighted by Crippen LogP contribution is 2.31. The molecule has 2 aromatic carbocycles. The molecule has 0 radical (unpaired) electrons. The Hall–Kier alpha value is -3.69. The van der Waals surface area contributed by atoms with Crippen molar-refractivity contribution in [3.8, 4) is 16.9 Å². The van der Waals surface area contributed by atoms with E-state index < -0.39 is 58.6 Å². The lowest BCUT2D eigenvalue weighted by molar-refractivity contribution is -0.144. The summed E-state index contributed by atoms with van der Waals surface area (Å²) in [4.78, 5) is 23.1. The zero-order valence-corrected chi connectivity index (χ0v) is 14.2. The first kappa shape index (κ1) is 20.1. The minimum Gasteiger partial charge on any atom is -0.457 e. The molecule has 0 aliphatic heterocycles. The molecule has 0 aliphatic carbocycles. The van der Waals surface area contributed by atoms with Gasteiger partial charge in [0.1, 0.15) is 11.3 Å².